The van der Waals surface area contributed by atoms with Gasteiger partial charge in [-0.2, -0.15) is 0 Å². The van der Waals surface area contributed by atoms with Crippen LogP contribution in [0.3, 0.4) is 0 Å². The first kappa shape index (κ1) is 28.5. The molecule has 2 amide bonds. The summed E-state index contributed by atoms with van der Waals surface area (Å²) in [4.78, 5) is 13.4. The molecule has 0 aliphatic heterocycles. The normalized spacial score (nSPS) is 10.8. The molecule has 0 radical (unpaired) electrons. The van der Waals surface area contributed by atoms with Crippen LogP contribution in [0.5, 0.6) is 17.2 Å². The zero-order valence-electron chi connectivity index (χ0n) is 23.6. The highest BCUT2D eigenvalue weighted by molar-refractivity contribution is 5.87. The molecule has 0 fully saturated rings. The monoisotopic (exact) mass is 539 g/mol. The number of rotatable bonds is 12. The number of nitrogens with zero attached hydrogens (tertiary/aromatic N) is 1. The van der Waals surface area contributed by atoms with Gasteiger partial charge in [-0.05, 0) is 60.3 Å². The van der Waals surface area contributed by atoms with Crippen LogP contribution in [-0.2, 0) is 19.6 Å². The van der Waals surface area contributed by atoms with Crippen molar-refractivity contribution < 1.29 is 19.0 Å². The largest absolute Gasteiger partial charge is 0.496 e. The van der Waals surface area contributed by atoms with Crippen molar-refractivity contribution in [3.63, 3.8) is 0 Å². The fourth-order valence-electron chi connectivity index (χ4n) is 4.75. The number of hydrogen-bond acceptors (Lipinski definition) is 5. The Labute approximate surface area is 236 Å². The van der Waals surface area contributed by atoms with Crippen molar-refractivity contribution in [3.8, 4) is 28.4 Å². The second kappa shape index (κ2) is 13.5. The molecule has 0 aliphatic rings. The van der Waals surface area contributed by atoms with Crippen LogP contribution < -0.4 is 25.3 Å². The summed E-state index contributed by atoms with van der Waals surface area (Å²) in [7, 11) is 5.37. The molecule has 0 bridgehead atoms. The average molecular weight is 540 g/mol. The molecule has 7 nitrogen and oxygen atoms in total. The van der Waals surface area contributed by atoms with E-state index in [0.29, 0.717) is 36.1 Å². The van der Waals surface area contributed by atoms with Crippen molar-refractivity contribution in [2.45, 2.75) is 26.5 Å². The molecule has 0 atom stereocenters. The molecule has 3 N–H and O–H groups in total. The maximum absolute atomic E-state index is 11.2. The van der Waals surface area contributed by atoms with Crippen LogP contribution in [0.1, 0.15) is 22.3 Å². The molecule has 208 valence electrons. The number of carbonyl (C=O) groups is 1. The summed E-state index contributed by atoms with van der Waals surface area (Å²) in [6.07, 6.45) is 0.804. The Morgan fingerprint density at radius 3 is 2.27 bits per heavy atom. The van der Waals surface area contributed by atoms with Gasteiger partial charge in [0.15, 0.2) is 0 Å². The maximum Gasteiger partial charge on any atom is 0.316 e. The molecule has 0 saturated carbocycles. The van der Waals surface area contributed by atoms with Gasteiger partial charge in [0.05, 0.1) is 19.8 Å². The number of likely N-dealkylation sites (N-methyl/N-ethyl adjacent to an activating group) is 1. The highest BCUT2D eigenvalue weighted by atomic mass is 16.5. The van der Waals surface area contributed by atoms with Crippen LogP contribution in [0.2, 0.25) is 0 Å². The lowest BCUT2D eigenvalue weighted by Crippen LogP contribution is -2.22. The fourth-order valence-corrected chi connectivity index (χ4v) is 4.75. The molecule has 0 unspecified atom stereocenters. The van der Waals surface area contributed by atoms with Gasteiger partial charge < -0.3 is 30.2 Å². The van der Waals surface area contributed by atoms with Gasteiger partial charge in [0.1, 0.15) is 23.9 Å². The number of hydrogen-bond donors (Lipinski definition) is 2. The number of anilines is 1. The molecule has 4 aromatic carbocycles. The summed E-state index contributed by atoms with van der Waals surface area (Å²) in [5, 5.41) is 2.62. The molecule has 0 spiro atoms. The van der Waals surface area contributed by atoms with Crippen LogP contribution in [0.4, 0.5) is 10.5 Å². The zero-order valence-corrected chi connectivity index (χ0v) is 23.6. The highest BCUT2D eigenvalue weighted by Crippen LogP contribution is 2.36. The summed E-state index contributed by atoms with van der Waals surface area (Å²) >= 11 is 0. The Hall–Kier alpha value is -4.49. The molecular formula is C33H37N3O4. The average Bonchev–Trinajstić information content (AvgIpc) is 2.96. The van der Waals surface area contributed by atoms with Crippen LogP contribution >= 0.6 is 0 Å². The van der Waals surface area contributed by atoms with Crippen LogP contribution in [0, 0.1) is 6.92 Å². The predicted molar refractivity (Wildman–Crippen MR) is 160 cm³/mol. The van der Waals surface area contributed by atoms with Gasteiger partial charge in [0.2, 0.25) is 0 Å². The lowest BCUT2D eigenvalue weighted by atomic mass is 9.97. The number of urea groups is 1. The summed E-state index contributed by atoms with van der Waals surface area (Å²) in [5.74, 6) is 2.11. The smallest absolute Gasteiger partial charge is 0.316 e. The van der Waals surface area contributed by atoms with Gasteiger partial charge in [-0.1, -0.05) is 60.7 Å². The maximum atomic E-state index is 11.2. The molecule has 7 heteroatoms. The molecule has 0 aromatic heterocycles. The summed E-state index contributed by atoms with van der Waals surface area (Å²) in [6, 6.07) is 27.6. The topological polar surface area (TPSA) is 86.1 Å². The third-order valence-corrected chi connectivity index (χ3v) is 6.91. The number of benzene rings is 4. The highest BCUT2D eigenvalue weighted by Gasteiger charge is 2.16. The predicted octanol–water partition coefficient (Wildman–Crippen LogP) is 6.42. The Balaban J connectivity index is 1.44. The molecule has 0 saturated heterocycles. The van der Waals surface area contributed by atoms with Crippen LogP contribution in [-0.4, -0.2) is 38.7 Å². The van der Waals surface area contributed by atoms with Crippen LogP contribution in [0.25, 0.3) is 11.1 Å². The van der Waals surface area contributed by atoms with E-state index in [-0.39, 0.29) is 0 Å². The first-order valence-corrected chi connectivity index (χ1v) is 13.2. The van der Waals surface area contributed by atoms with E-state index in [9.17, 15) is 4.79 Å². The lowest BCUT2D eigenvalue weighted by Gasteiger charge is -2.21. The third kappa shape index (κ3) is 7.33. The standard InChI is InChI=1S/C33H37N3O4/c1-23-26(13-9-15-29(23)25-11-6-5-7-12-25)22-40-28-19-31(38-3)30(32(20-28)39-4)21-36(2)17-16-24-10-8-14-27(18-24)35-33(34)37/h5-15,18-20H,16-17,21-22H2,1-4H3,(H3,34,35,37). The van der Waals surface area contributed by atoms with E-state index in [4.69, 9.17) is 19.9 Å². The van der Waals surface area contributed by atoms with E-state index in [1.54, 1.807) is 14.2 Å². The van der Waals surface area contributed by atoms with E-state index in [1.807, 2.05) is 42.5 Å². The fraction of sp³-hybridized carbons (Fsp3) is 0.242. The van der Waals surface area contributed by atoms with Gasteiger partial charge in [-0.25, -0.2) is 4.79 Å². The van der Waals surface area contributed by atoms with E-state index in [2.05, 4.69) is 66.7 Å². The van der Waals surface area contributed by atoms with Crippen molar-refractivity contribution in [1.29, 1.82) is 0 Å². The van der Waals surface area contributed by atoms with E-state index in [0.717, 1.165) is 29.7 Å². The summed E-state index contributed by atoms with van der Waals surface area (Å²) in [6.45, 7) is 3.99. The quantitative estimate of drug-likeness (QED) is 0.217. The van der Waals surface area contributed by atoms with Crippen molar-refractivity contribution in [2.24, 2.45) is 5.73 Å². The van der Waals surface area contributed by atoms with E-state index >= 15 is 0 Å². The minimum Gasteiger partial charge on any atom is -0.496 e. The van der Waals surface area contributed by atoms with Gasteiger partial charge >= 0.3 is 6.03 Å². The van der Waals surface area contributed by atoms with Gasteiger partial charge in [-0.15, -0.1) is 0 Å². The second-order valence-electron chi connectivity index (χ2n) is 9.73. The Bertz CT molecular complexity index is 1410. The first-order valence-electron chi connectivity index (χ1n) is 13.2. The molecule has 4 rings (SSSR count). The molecule has 0 aliphatic carbocycles. The number of primary amides is 1. The van der Waals surface area contributed by atoms with Crippen molar-refractivity contribution >= 4 is 11.7 Å². The number of amides is 2. The third-order valence-electron chi connectivity index (χ3n) is 6.91. The number of nitrogens with two attached hydrogens (primary N) is 1. The van der Waals surface area contributed by atoms with Crippen molar-refractivity contribution in [3.05, 3.63) is 107 Å². The van der Waals surface area contributed by atoms with Gasteiger partial charge in [-0.3, -0.25) is 0 Å². The van der Waals surface area contributed by atoms with E-state index in [1.165, 1.54) is 16.7 Å². The molecule has 0 heterocycles. The Morgan fingerprint density at radius 1 is 0.900 bits per heavy atom. The SMILES string of the molecule is COc1cc(OCc2cccc(-c3ccccc3)c2C)cc(OC)c1CN(C)CCc1cccc(NC(N)=O)c1. The number of methoxy groups -OCH3 is 2. The molecule has 40 heavy (non-hydrogen) atoms. The summed E-state index contributed by atoms with van der Waals surface area (Å²) < 4.78 is 17.8. The van der Waals surface area contributed by atoms with Crippen LogP contribution in [0.15, 0.2) is 84.9 Å². The molecule has 4 aromatic rings. The minimum absolute atomic E-state index is 0.432. The van der Waals surface area contributed by atoms with E-state index < -0.39 is 6.03 Å². The van der Waals surface area contributed by atoms with Crippen molar-refractivity contribution in [1.82, 2.24) is 4.90 Å². The molecular weight excluding hydrogens is 502 g/mol. The lowest BCUT2D eigenvalue weighted by molar-refractivity contribution is 0.259. The van der Waals surface area contributed by atoms with Crippen molar-refractivity contribution in [2.75, 3.05) is 33.1 Å². The van der Waals surface area contributed by atoms with Gasteiger partial charge in [0, 0.05) is 30.9 Å². The number of carbonyl (C=O) groups excluding carboxylic acids is 1. The van der Waals surface area contributed by atoms with Gasteiger partial charge in [0.25, 0.3) is 0 Å². The number of nitrogens with one attached hydrogen (secondary N) is 1. The number of ether oxygens (including phenoxy) is 3. The summed E-state index contributed by atoms with van der Waals surface area (Å²) in [5.41, 5.74) is 12.7. The minimum atomic E-state index is -0.572. The first-order chi connectivity index (χ1) is 19.4. The zero-order chi connectivity index (χ0) is 28.5. The Morgan fingerprint density at radius 2 is 1.60 bits per heavy atom. The second-order valence-corrected chi connectivity index (χ2v) is 9.73. The Kier molecular flexibility index (Phi) is 9.65.